The SMILES string of the molecule is ClCCN(CCCCCCN(CCCl)Cc1ccccc1)Cc1ccccc1. The Balaban J connectivity index is 1.63. The van der Waals surface area contributed by atoms with Crippen LogP contribution >= 0.6 is 23.2 Å². The fourth-order valence-electron chi connectivity index (χ4n) is 3.49. The van der Waals surface area contributed by atoms with Crippen molar-refractivity contribution < 1.29 is 0 Å². The van der Waals surface area contributed by atoms with Gasteiger partial charge in [0.25, 0.3) is 0 Å². The van der Waals surface area contributed by atoms with E-state index in [2.05, 4.69) is 70.5 Å². The van der Waals surface area contributed by atoms with Crippen LogP contribution in [0.5, 0.6) is 0 Å². The summed E-state index contributed by atoms with van der Waals surface area (Å²) in [6.07, 6.45) is 5.01. The molecule has 154 valence electrons. The van der Waals surface area contributed by atoms with Crippen molar-refractivity contribution in [1.29, 1.82) is 0 Å². The Morgan fingerprint density at radius 2 is 0.893 bits per heavy atom. The highest BCUT2D eigenvalue weighted by Crippen LogP contribution is 2.10. The molecule has 0 bridgehead atoms. The molecule has 28 heavy (non-hydrogen) atoms. The summed E-state index contributed by atoms with van der Waals surface area (Å²) in [7, 11) is 0. The van der Waals surface area contributed by atoms with Crippen LogP contribution in [0.3, 0.4) is 0 Å². The summed E-state index contributed by atoms with van der Waals surface area (Å²) in [5.74, 6) is 1.39. The molecular weight excluding hydrogens is 387 g/mol. The summed E-state index contributed by atoms with van der Waals surface area (Å²) in [5.41, 5.74) is 2.73. The average Bonchev–Trinajstić information content (AvgIpc) is 2.72. The van der Waals surface area contributed by atoms with Crippen molar-refractivity contribution in [2.24, 2.45) is 0 Å². The molecular formula is C24H34Cl2N2. The first-order chi connectivity index (χ1) is 13.8. The molecule has 2 rings (SSSR count). The van der Waals surface area contributed by atoms with Crippen molar-refractivity contribution >= 4 is 23.2 Å². The van der Waals surface area contributed by atoms with Gasteiger partial charge < -0.3 is 0 Å². The molecule has 0 radical (unpaired) electrons. The largest absolute Gasteiger partial charge is 0.298 e. The number of rotatable bonds is 15. The highest BCUT2D eigenvalue weighted by Gasteiger charge is 2.07. The Hall–Kier alpha value is -1.06. The Morgan fingerprint density at radius 3 is 1.25 bits per heavy atom. The summed E-state index contributed by atoms with van der Waals surface area (Å²) in [6, 6.07) is 21.3. The number of alkyl halides is 2. The van der Waals surface area contributed by atoms with Crippen molar-refractivity contribution in [1.82, 2.24) is 9.80 Å². The van der Waals surface area contributed by atoms with Crippen LogP contribution < -0.4 is 0 Å². The van der Waals surface area contributed by atoms with Gasteiger partial charge in [-0.25, -0.2) is 0 Å². The number of benzene rings is 2. The molecule has 0 unspecified atom stereocenters. The highest BCUT2D eigenvalue weighted by molar-refractivity contribution is 6.18. The molecule has 2 nitrogen and oxygen atoms in total. The third-order valence-corrected chi connectivity index (χ3v) is 5.34. The molecule has 0 aliphatic carbocycles. The van der Waals surface area contributed by atoms with Crippen molar-refractivity contribution in [2.75, 3.05) is 37.9 Å². The van der Waals surface area contributed by atoms with Gasteiger partial charge in [-0.1, -0.05) is 73.5 Å². The third kappa shape index (κ3) is 9.93. The van der Waals surface area contributed by atoms with E-state index in [1.54, 1.807) is 0 Å². The molecule has 0 N–H and O–H groups in total. The van der Waals surface area contributed by atoms with Crippen LogP contribution in [-0.4, -0.2) is 47.7 Å². The van der Waals surface area contributed by atoms with E-state index in [4.69, 9.17) is 23.2 Å². The van der Waals surface area contributed by atoms with Gasteiger partial charge in [0, 0.05) is 37.9 Å². The van der Waals surface area contributed by atoms with E-state index >= 15 is 0 Å². The molecule has 0 saturated carbocycles. The topological polar surface area (TPSA) is 6.48 Å². The first-order valence-corrected chi connectivity index (χ1v) is 11.5. The van der Waals surface area contributed by atoms with E-state index in [9.17, 15) is 0 Å². The maximum Gasteiger partial charge on any atom is 0.0351 e. The molecule has 0 amide bonds. The van der Waals surface area contributed by atoms with Gasteiger partial charge in [0.2, 0.25) is 0 Å². The minimum Gasteiger partial charge on any atom is -0.298 e. The van der Waals surface area contributed by atoms with Crippen LogP contribution in [0.25, 0.3) is 0 Å². The van der Waals surface area contributed by atoms with Gasteiger partial charge in [-0.05, 0) is 37.1 Å². The molecule has 0 aromatic heterocycles. The second-order valence-corrected chi connectivity index (χ2v) is 8.07. The molecule has 0 aliphatic heterocycles. The van der Waals surface area contributed by atoms with Gasteiger partial charge in [0.1, 0.15) is 0 Å². The van der Waals surface area contributed by atoms with Gasteiger partial charge in [-0.3, -0.25) is 9.80 Å². The average molecular weight is 421 g/mol. The fourth-order valence-corrected chi connectivity index (χ4v) is 3.96. The standard InChI is InChI=1S/C24H34Cl2N2/c25-15-19-27(21-23-11-5-3-6-12-23)17-9-1-2-10-18-28(20-16-26)22-24-13-7-4-8-14-24/h3-8,11-14H,1-2,9-10,15-22H2. The van der Waals surface area contributed by atoms with E-state index in [-0.39, 0.29) is 0 Å². The number of halogens is 2. The lowest BCUT2D eigenvalue weighted by Crippen LogP contribution is -2.27. The van der Waals surface area contributed by atoms with Gasteiger partial charge in [-0.2, -0.15) is 0 Å². The zero-order valence-electron chi connectivity index (χ0n) is 16.9. The smallest absolute Gasteiger partial charge is 0.0351 e. The van der Waals surface area contributed by atoms with Crippen LogP contribution in [0.4, 0.5) is 0 Å². The molecule has 2 aromatic carbocycles. The van der Waals surface area contributed by atoms with E-state index < -0.39 is 0 Å². The van der Waals surface area contributed by atoms with Crippen LogP contribution in [-0.2, 0) is 13.1 Å². The normalized spacial score (nSPS) is 11.4. The van der Waals surface area contributed by atoms with E-state index in [1.807, 2.05) is 0 Å². The second kappa shape index (κ2) is 14.9. The van der Waals surface area contributed by atoms with Crippen molar-refractivity contribution in [3.8, 4) is 0 Å². The lowest BCUT2D eigenvalue weighted by atomic mass is 10.1. The van der Waals surface area contributed by atoms with Gasteiger partial charge in [0.15, 0.2) is 0 Å². The van der Waals surface area contributed by atoms with Crippen molar-refractivity contribution in [2.45, 2.75) is 38.8 Å². The minimum absolute atomic E-state index is 0.694. The summed E-state index contributed by atoms with van der Waals surface area (Å²) < 4.78 is 0. The van der Waals surface area contributed by atoms with Crippen LogP contribution in [0.15, 0.2) is 60.7 Å². The lowest BCUT2D eigenvalue weighted by Gasteiger charge is -2.22. The minimum atomic E-state index is 0.694. The zero-order chi connectivity index (χ0) is 19.9. The maximum absolute atomic E-state index is 6.00. The van der Waals surface area contributed by atoms with E-state index in [0.29, 0.717) is 11.8 Å². The molecule has 0 aliphatic rings. The predicted octanol–water partition coefficient (Wildman–Crippen LogP) is 6.03. The lowest BCUT2D eigenvalue weighted by molar-refractivity contribution is 0.262. The second-order valence-electron chi connectivity index (χ2n) is 7.32. The molecule has 4 heteroatoms. The number of hydrogen-bond acceptors (Lipinski definition) is 2. The number of hydrogen-bond donors (Lipinski definition) is 0. The Kier molecular flexibility index (Phi) is 12.3. The Labute approximate surface area is 181 Å². The molecule has 0 spiro atoms. The monoisotopic (exact) mass is 420 g/mol. The number of unbranched alkanes of at least 4 members (excludes halogenated alkanes) is 3. The molecule has 0 atom stereocenters. The van der Waals surface area contributed by atoms with Gasteiger partial charge in [-0.15, -0.1) is 23.2 Å². The Morgan fingerprint density at radius 1 is 0.500 bits per heavy atom. The molecule has 0 saturated heterocycles. The quantitative estimate of drug-likeness (QED) is 0.256. The summed E-state index contributed by atoms with van der Waals surface area (Å²) in [4.78, 5) is 4.94. The summed E-state index contributed by atoms with van der Waals surface area (Å²) >= 11 is 12.0. The van der Waals surface area contributed by atoms with Crippen LogP contribution in [0.1, 0.15) is 36.8 Å². The molecule has 0 fully saturated rings. The van der Waals surface area contributed by atoms with Crippen LogP contribution in [0, 0.1) is 0 Å². The summed E-state index contributed by atoms with van der Waals surface area (Å²) in [5, 5.41) is 0. The van der Waals surface area contributed by atoms with E-state index in [0.717, 1.165) is 39.3 Å². The van der Waals surface area contributed by atoms with E-state index in [1.165, 1.54) is 36.8 Å². The highest BCUT2D eigenvalue weighted by atomic mass is 35.5. The molecule has 0 heterocycles. The number of nitrogens with zero attached hydrogens (tertiary/aromatic N) is 2. The summed E-state index contributed by atoms with van der Waals surface area (Å²) in [6.45, 7) is 6.14. The maximum atomic E-state index is 6.00. The van der Waals surface area contributed by atoms with Crippen molar-refractivity contribution in [3.63, 3.8) is 0 Å². The first kappa shape index (κ1) is 23.2. The Bertz CT molecular complexity index is 551. The zero-order valence-corrected chi connectivity index (χ0v) is 18.4. The third-order valence-electron chi connectivity index (χ3n) is 5.00. The van der Waals surface area contributed by atoms with Gasteiger partial charge in [0.05, 0.1) is 0 Å². The van der Waals surface area contributed by atoms with Gasteiger partial charge >= 0.3 is 0 Å². The predicted molar refractivity (Wildman–Crippen MR) is 123 cm³/mol. The van der Waals surface area contributed by atoms with Crippen molar-refractivity contribution in [3.05, 3.63) is 71.8 Å². The molecule has 2 aromatic rings. The fraction of sp³-hybridized carbons (Fsp3) is 0.500. The first-order valence-electron chi connectivity index (χ1n) is 10.5. The van der Waals surface area contributed by atoms with Crippen LogP contribution in [0.2, 0.25) is 0 Å².